The lowest BCUT2D eigenvalue weighted by atomic mass is 10.2. The minimum atomic E-state index is -0.244. The van der Waals surface area contributed by atoms with Gasteiger partial charge in [-0.2, -0.15) is 0 Å². The largest absolute Gasteiger partial charge is 0.375 e. The summed E-state index contributed by atoms with van der Waals surface area (Å²) >= 11 is 1.51. The van der Waals surface area contributed by atoms with E-state index in [0.717, 1.165) is 11.1 Å². The van der Waals surface area contributed by atoms with E-state index in [0.29, 0.717) is 31.3 Å². The Morgan fingerprint density at radius 3 is 2.52 bits per heavy atom. The first-order valence-corrected chi connectivity index (χ1v) is 8.60. The number of rotatable bonds is 9. The molecule has 23 heavy (non-hydrogen) atoms. The van der Waals surface area contributed by atoms with Crippen molar-refractivity contribution in [3.05, 3.63) is 71.5 Å². The Morgan fingerprint density at radius 1 is 1.04 bits per heavy atom. The van der Waals surface area contributed by atoms with Gasteiger partial charge in [0.15, 0.2) is 0 Å². The smallest absolute Gasteiger partial charge is 0.230 e. The molecule has 122 valence electrons. The predicted octanol–water partition coefficient (Wildman–Crippen LogP) is 3.39. The molecule has 5 heteroatoms. The fraction of sp³-hybridized carbons (Fsp3) is 0.278. The Balaban J connectivity index is 1.51. The van der Waals surface area contributed by atoms with Crippen LogP contribution < -0.4 is 5.32 Å². The third-order valence-corrected chi connectivity index (χ3v) is 4.10. The fourth-order valence-corrected chi connectivity index (χ4v) is 2.74. The zero-order chi connectivity index (χ0) is 16.3. The summed E-state index contributed by atoms with van der Waals surface area (Å²) in [5.41, 5.74) is 2.13. The monoisotopic (exact) mass is 333 g/mol. The van der Waals surface area contributed by atoms with Crippen LogP contribution in [-0.4, -0.2) is 24.8 Å². The third kappa shape index (κ3) is 7.30. The van der Waals surface area contributed by atoms with Gasteiger partial charge in [-0.3, -0.25) is 4.79 Å². The van der Waals surface area contributed by atoms with Gasteiger partial charge < -0.3 is 10.1 Å². The van der Waals surface area contributed by atoms with Gasteiger partial charge >= 0.3 is 0 Å². The van der Waals surface area contributed by atoms with E-state index < -0.39 is 0 Å². The molecule has 3 nitrogen and oxygen atoms in total. The molecule has 0 saturated carbocycles. The highest BCUT2D eigenvalue weighted by molar-refractivity contribution is 7.99. The van der Waals surface area contributed by atoms with Gasteiger partial charge in [0.25, 0.3) is 0 Å². The molecule has 0 aromatic heterocycles. The van der Waals surface area contributed by atoms with Crippen molar-refractivity contribution in [2.24, 2.45) is 0 Å². The molecule has 2 aromatic carbocycles. The van der Waals surface area contributed by atoms with Gasteiger partial charge in [-0.25, -0.2) is 4.39 Å². The van der Waals surface area contributed by atoms with Crippen LogP contribution in [0.3, 0.4) is 0 Å². The molecule has 0 radical (unpaired) electrons. The van der Waals surface area contributed by atoms with Crippen molar-refractivity contribution >= 4 is 17.7 Å². The average Bonchev–Trinajstić information content (AvgIpc) is 2.57. The molecule has 0 aliphatic heterocycles. The standard InChI is InChI=1S/C18H20FNO2S/c19-17-8-6-16(7-9-17)13-23-14-18(21)20-10-11-22-12-15-4-2-1-3-5-15/h1-9H,10-14H2,(H,20,21). The van der Waals surface area contributed by atoms with Crippen LogP contribution in [0.5, 0.6) is 0 Å². The van der Waals surface area contributed by atoms with Gasteiger partial charge in [-0.1, -0.05) is 42.5 Å². The normalized spacial score (nSPS) is 10.5. The van der Waals surface area contributed by atoms with E-state index in [1.165, 1.54) is 23.9 Å². The highest BCUT2D eigenvalue weighted by Gasteiger charge is 2.02. The number of halogens is 1. The summed E-state index contributed by atoms with van der Waals surface area (Å²) in [7, 11) is 0. The van der Waals surface area contributed by atoms with Crippen molar-refractivity contribution in [1.29, 1.82) is 0 Å². The van der Waals surface area contributed by atoms with E-state index in [1.54, 1.807) is 12.1 Å². The maximum atomic E-state index is 12.8. The summed E-state index contributed by atoms with van der Waals surface area (Å²) in [4.78, 5) is 11.7. The van der Waals surface area contributed by atoms with Crippen molar-refractivity contribution in [1.82, 2.24) is 5.32 Å². The van der Waals surface area contributed by atoms with Crippen LogP contribution in [0.25, 0.3) is 0 Å². The van der Waals surface area contributed by atoms with E-state index in [-0.39, 0.29) is 11.7 Å². The van der Waals surface area contributed by atoms with E-state index in [2.05, 4.69) is 5.32 Å². The summed E-state index contributed by atoms with van der Waals surface area (Å²) in [6, 6.07) is 16.2. The Kier molecular flexibility index (Phi) is 7.63. The first-order valence-electron chi connectivity index (χ1n) is 7.44. The van der Waals surface area contributed by atoms with Crippen molar-refractivity contribution < 1.29 is 13.9 Å². The number of amides is 1. The molecule has 2 rings (SSSR count). The Morgan fingerprint density at radius 2 is 1.78 bits per heavy atom. The minimum Gasteiger partial charge on any atom is -0.375 e. The first-order chi connectivity index (χ1) is 11.2. The van der Waals surface area contributed by atoms with E-state index in [4.69, 9.17) is 4.74 Å². The van der Waals surface area contributed by atoms with Crippen LogP contribution >= 0.6 is 11.8 Å². The van der Waals surface area contributed by atoms with Crippen molar-refractivity contribution in [3.63, 3.8) is 0 Å². The van der Waals surface area contributed by atoms with Crippen molar-refractivity contribution in [2.45, 2.75) is 12.4 Å². The van der Waals surface area contributed by atoms with Gasteiger partial charge in [0.2, 0.25) is 5.91 Å². The van der Waals surface area contributed by atoms with Crippen molar-refractivity contribution in [3.8, 4) is 0 Å². The lowest BCUT2D eigenvalue weighted by Crippen LogP contribution is -2.28. The van der Waals surface area contributed by atoms with E-state index >= 15 is 0 Å². The summed E-state index contributed by atoms with van der Waals surface area (Å²) in [6.45, 7) is 1.54. The molecule has 0 aliphatic carbocycles. The van der Waals surface area contributed by atoms with Crippen LogP contribution in [-0.2, 0) is 21.9 Å². The lowest BCUT2D eigenvalue weighted by Gasteiger charge is -2.07. The van der Waals surface area contributed by atoms with E-state index in [1.807, 2.05) is 30.3 Å². The highest BCUT2D eigenvalue weighted by atomic mass is 32.2. The molecule has 0 spiro atoms. The highest BCUT2D eigenvalue weighted by Crippen LogP contribution is 2.12. The number of hydrogen-bond acceptors (Lipinski definition) is 3. The minimum absolute atomic E-state index is 0.0135. The summed E-state index contributed by atoms with van der Waals surface area (Å²) in [5, 5.41) is 2.82. The summed E-state index contributed by atoms with van der Waals surface area (Å²) in [5.74, 6) is 0.821. The molecule has 0 saturated heterocycles. The number of hydrogen-bond donors (Lipinski definition) is 1. The van der Waals surface area contributed by atoms with Gasteiger partial charge in [0, 0.05) is 12.3 Å². The molecule has 0 fully saturated rings. The van der Waals surface area contributed by atoms with Gasteiger partial charge in [-0.05, 0) is 23.3 Å². The second kappa shape index (κ2) is 10.0. The van der Waals surface area contributed by atoms with Crippen LogP contribution in [0.4, 0.5) is 4.39 Å². The number of carbonyl (C=O) groups is 1. The van der Waals surface area contributed by atoms with Crippen LogP contribution in [0.2, 0.25) is 0 Å². The first kappa shape index (κ1) is 17.5. The van der Waals surface area contributed by atoms with Crippen LogP contribution in [0, 0.1) is 5.82 Å². The van der Waals surface area contributed by atoms with Crippen LogP contribution in [0.1, 0.15) is 11.1 Å². The Labute approximate surface area is 140 Å². The molecular formula is C18H20FNO2S. The fourth-order valence-electron chi connectivity index (χ4n) is 1.92. The summed E-state index contributed by atoms with van der Waals surface area (Å²) < 4.78 is 18.3. The second-order valence-electron chi connectivity index (χ2n) is 5.01. The van der Waals surface area contributed by atoms with E-state index in [9.17, 15) is 9.18 Å². The molecule has 2 aromatic rings. The number of nitrogens with one attached hydrogen (secondary N) is 1. The topological polar surface area (TPSA) is 38.3 Å². The maximum absolute atomic E-state index is 12.8. The van der Waals surface area contributed by atoms with Gasteiger partial charge in [0.05, 0.1) is 19.0 Å². The zero-order valence-electron chi connectivity index (χ0n) is 12.8. The molecule has 0 atom stereocenters. The molecular weight excluding hydrogens is 313 g/mol. The van der Waals surface area contributed by atoms with Gasteiger partial charge in [-0.15, -0.1) is 11.8 Å². The number of thioether (sulfide) groups is 1. The summed E-state index contributed by atoms with van der Waals surface area (Å²) in [6.07, 6.45) is 0. The molecule has 0 heterocycles. The SMILES string of the molecule is O=C(CSCc1ccc(F)cc1)NCCOCc1ccccc1. The van der Waals surface area contributed by atoms with Crippen molar-refractivity contribution in [2.75, 3.05) is 18.9 Å². The maximum Gasteiger partial charge on any atom is 0.230 e. The predicted molar refractivity (Wildman–Crippen MR) is 91.7 cm³/mol. The Bertz CT molecular complexity index is 590. The zero-order valence-corrected chi connectivity index (χ0v) is 13.7. The number of benzene rings is 2. The molecule has 1 N–H and O–H groups in total. The third-order valence-electron chi connectivity index (χ3n) is 3.10. The van der Waals surface area contributed by atoms with Gasteiger partial charge in [0.1, 0.15) is 5.82 Å². The number of ether oxygens (including phenoxy) is 1. The number of carbonyl (C=O) groups excluding carboxylic acids is 1. The quantitative estimate of drug-likeness (QED) is 0.715. The average molecular weight is 333 g/mol. The Hall–Kier alpha value is -1.85. The molecule has 0 unspecified atom stereocenters. The van der Waals surface area contributed by atoms with Crippen LogP contribution in [0.15, 0.2) is 54.6 Å². The molecule has 0 aliphatic rings. The molecule has 1 amide bonds. The second-order valence-corrected chi connectivity index (χ2v) is 5.99. The molecule has 0 bridgehead atoms. The lowest BCUT2D eigenvalue weighted by molar-refractivity contribution is -0.118.